The number of nitrogens with two attached hydrogens (primary N) is 1. The van der Waals surface area contributed by atoms with E-state index in [1.54, 1.807) is 0 Å². The van der Waals surface area contributed by atoms with E-state index in [1.165, 1.54) is 0 Å². The Kier molecular flexibility index (Phi) is 3.92. The van der Waals surface area contributed by atoms with Gasteiger partial charge in [0.25, 0.3) is 0 Å². The molecule has 102 valence electrons. The summed E-state index contributed by atoms with van der Waals surface area (Å²) in [4.78, 5) is 4.36. The van der Waals surface area contributed by atoms with E-state index in [1.807, 2.05) is 45.0 Å². The average molecular weight is 280 g/mol. The van der Waals surface area contributed by atoms with Gasteiger partial charge in [-0.05, 0) is 23.1 Å². The van der Waals surface area contributed by atoms with Gasteiger partial charge in [-0.2, -0.15) is 4.98 Å². The fourth-order valence-electron chi connectivity index (χ4n) is 1.67. The zero-order chi connectivity index (χ0) is 14.0. The smallest absolute Gasteiger partial charge is 0.244 e. The van der Waals surface area contributed by atoms with E-state index in [-0.39, 0.29) is 11.5 Å². The van der Waals surface area contributed by atoms with Crippen LogP contribution in [-0.2, 0) is 6.42 Å². The topological polar surface area (TPSA) is 64.9 Å². The van der Waals surface area contributed by atoms with Crippen LogP contribution in [0.3, 0.4) is 0 Å². The second kappa shape index (κ2) is 5.31. The maximum atomic E-state index is 6.09. The van der Waals surface area contributed by atoms with Crippen LogP contribution in [0.25, 0.3) is 0 Å². The van der Waals surface area contributed by atoms with Crippen LogP contribution in [0.1, 0.15) is 44.1 Å². The van der Waals surface area contributed by atoms with E-state index < -0.39 is 0 Å². The maximum Gasteiger partial charge on any atom is 0.244 e. The van der Waals surface area contributed by atoms with Gasteiger partial charge in [-0.1, -0.05) is 49.7 Å². The molecule has 0 spiro atoms. The molecule has 2 rings (SSSR count). The van der Waals surface area contributed by atoms with Gasteiger partial charge >= 0.3 is 0 Å². The molecule has 0 aliphatic carbocycles. The Labute approximate surface area is 118 Å². The van der Waals surface area contributed by atoms with Gasteiger partial charge in [-0.25, -0.2) is 0 Å². The highest BCUT2D eigenvalue weighted by atomic mass is 35.5. The molecule has 0 fully saturated rings. The van der Waals surface area contributed by atoms with Crippen molar-refractivity contribution in [1.82, 2.24) is 10.1 Å². The summed E-state index contributed by atoms with van der Waals surface area (Å²) in [6.45, 7) is 6.12. The van der Waals surface area contributed by atoms with Gasteiger partial charge in [0, 0.05) is 11.4 Å². The highest BCUT2D eigenvalue weighted by molar-refractivity contribution is 6.30. The Morgan fingerprint density at radius 3 is 2.74 bits per heavy atom. The largest absolute Gasteiger partial charge is 0.338 e. The molecule has 1 aromatic heterocycles. The minimum atomic E-state index is -0.270. The lowest BCUT2D eigenvalue weighted by Crippen LogP contribution is -2.26. The van der Waals surface area contributed by atoms with Crippen molar-refractivity contribution in [2.75, 3.05) is 0 Å². The van der Waals surface area contributed by atoms with Crippen molar-refractivity contribution in [3.63, 3.8) is 0 Å². The molecule has 2 N–H and O–H groups in total. The monoisotopic (exact) mass is 279 g/mol. The Morgan fingerprint density at radius 1 is 1.37 bits per heavy atom. The number of rotatable bonds is 3. The van der Waals surface area contributed by atoms with Crippen LogP contribution in [0.5, 0.6) is 0 Å². The van der Waals surface area contributed by atoms with Crippen molar-refractivity contribution >= 4 is 11.6 Å². The average Bonchev–Trinajstić information content (AvgIpc) is 2.75. The lowest BCUT2D eigenvalue weighted by Gasteiger charge is -2.23. The lowest BCUT2D eigenvalue weighted by atomic mass is 9.87. The number of benzene rings is 1. The van der Waals surface area contributed by atoms with Crippen LogP contribution in [0.15, 0.2) is 28.8 Å². The zero-order valence-electron chi connectivity index (χ0n) is 11.4. The van der Waals surface area contributed by atoms with Gasteiger partial charge < -0.3 is 10.3 Å². The molecule has 0 aliphatic heterocycles. The van der Waals surface area contributed by atoms with Crippen LogP contribution in [-0.4, -0.2) is 10.1 Å². The third kappa shape index (κ3) is 3.55. The second-order valence-corrected chi connectivity index (χ2v) is 6.14. The molecule has 1 unspecified atom stereocenters. The van der Waals surface area contributed by atoms with E-state index in [2.05, 4.69) is 10.1 Å². The van der Waals surface area contributed by atoms with Crippen molar-refractivity contribution < 1.29 is 4.52 Å². The predicted octanol–water partition coefficient (Wildman–Crippen LogP) is 3.36. The predicted molar refractivity (Wildman–Crippen MR) is 74.9 cm³/mol. The first-order valence-corrected chi connectivity index (χ1v) is 6.56. The number of nitrogens with zero attached hydrogens (tertiary/aromatic N) is 2. The van der Waals surface area contributed by atoms with Gasteiger partial charge in [0.2, 0.25) is 5.89 Å². The van der Waals surface area contributed by atoms with E-state index in [0.717, 1.165) is 5.56 Å². The molecule has 1 heterocycles. The van der Waals surface area contributed by atoms with E-state index >= 15 is 0 Å². The SMILES string of the molecule is CC(C)(C)C(N)c1nc(Cc2cccc(Cl)c2)no1. The summed E-state index contributed by atoms with van der Waals surface area (Å²) in [5.74, 6) is 1.10. The normalized spacial score (nSPS) is 13.5. The summed E-state index contributed by atoms with van der Waals surface area (Å²) < 4.78 is 5.24. The number of hydrogen-bond acceptors (Lipinski definition) is 4. The molecule has 0 radical (unpaired) electrons. The summed E-state index contributed by atoms with van der Waals surface area (Å²) >= 11 is 5.94. The Morgan fingerprint density at radius 2 is 2.11 bits per heavy atom. The lowest BCUT2D eigenvalue weighted by molar-refractivity contribution is 0.252. The minimum Gasteiger partial charge on any atom is -0.338 e. The Hall–Kier alpha value is -1.39. The molecule has 4 nitrogen and oxygen atoms in total. The first kappa shape index (κ1) is 14.0. The first-order chi connectivity index (χ1) is 8.86. The summed E-state index contributed by atoms with van der Waals surface area (Å²) in [6.07, 6.45) is 0.584. The molecule has 2 aromatic rings. The Balaban J connectivity index is 2.14. The zero-order valence-corrected chi connectivity index (χ0v) is 12.1. The van der Waals surface area contributed by atoms with Crippen molar-refractivity contribution in [2.24, 2.45) is 11.1 Å². The number of aromatic nitrogens is 2. The first-order valence-electron chi connectivity index (χ1n) is 6.19. The summed E-state index contributed by atoms with van der Waals surface area (Å²) in [7, 11) is 0. The van der Waals surface area contributed by atoms with Crippen LogP contribution >= 0.6 is 11.6 Å². The highest BCUT2D eigenvalue weighted by Gasteiger charge is 2.27. The minimum absolute atomic E-state index is 0.111. The third-order valence-corrected chi connectivity index (χ3v) is 3.17. The molecule has 0 aliphatic rings. The standard InChI is InChI=1S/C14H18ClN3O/c1-14(2,3)12(16)13-17-11(18-19-13)8-9-5-4-6-10(15)7-9/h4-7,12H,8,16H2,1-3H3. The fourth-order valence-corrected chi connectivity index (χ4v) is 1.88. The fraction of sp³-hybridized carbons (Fsp3) is 0.429. The van der Waals surface area contributed by atoms with Crippen molar-refractivity contribution in [3.8, 4) is 0 Å². The quantitative estimate of drug-likeness (QED) is 0.936. The second-order valence-electron chi connectivity index (χ2n) is 5.70. The maximum absolute atomic E-state index is 6.09. The molecular formula is C14H18ClN3O. The van der Waals surface area contributed by atoms with Gasteiger partial charge in [-0.15, -0.1) is 0 Å². The van der Waals surface area contributed by atoms with Crippen LogP contribution in [0.4, 0.5) is 0 Å². The number of halogens is 1. The van der Waals surface area contributed by atoms with E-state index in [9.17, 15) is 0 Å². The molecular weight excluding hydrogens is 262 g/mol. The van der Waals surface area contributed by atoms with Crippen LogP contribution in [0, 0.1) is 5.41 Å². The van der Waals surface area contributed by atoms with Crippen molar-refractivity contribution in [2.45, 2.75) is 33.2 Å². The molecule has 1 aromatic carbocycles. The van der Waals surface area contributed by atoms with Gasteiger partial charge in [0.15, 0.2) is 5.82 Å². The van der Waals surface area contributed by atoms with Crippen LogP contribution < -0.4 is 5.73 Å². The van der Waals surface area contributed by atoms with Gasteiger partial charge in [0.05, 0.1) is 6.04 Å². The van der Waals surface area contributed by atoms with Crippen molar-refractivity contribution in [3.05, 3.63) is 46.6 Å². The summed E-state index contributed by atoms with van der Waals surface area (Å²) in [5, 5.41) is 4.67. The molecule has 19 heavy (non-hydrogen) atoms. The van der Waals surface area contributed by atoms with E-state index in [0.29, 0.717) is 23.2 Å². The highest BCUT2D eigenvalue weighted by Crippen LogP contribution is 2.29. The summed E-state index contributed by atoms with van der Waals surface area (Å²) in [6, 6.07) is 7.34. The summed E-state index contributed by atoms with van der Waals surface area (Å²) in [5.41, 5.74) is 7.02. The van der Waals surface area contributed by atoms with Gasteiger partial charge in [0.1, 0.15) is 0 Å². The Bertz CT molecular complexity index is 560. The molecule has 0 bridgehead atoms. The van der Waals surface area contributed by atoms with Crippen molar-refractivity contribution in [1.29, 1.82) is 0 Å². The molecule has 5 heteroatoms. The van der Waals surface area contributed by atoms with Crippen LogP contribution in [0.2, 0.25) is 5.02 Å². The molecule has 0 saturated carbocycles. The molecule has 1 atom stereocenters. The van der Waals surface area contributed by atoms with Gasteiger partial charge in [-0.3, -0.25) is 0 Å². The molecule has 0 saturated heterocycles. The molecule has 0 amide bonds. The van der Waals surface area contributed by atoms with E-state index in [4.69, 9.17) is 21.9 Å². The third-order valence-electron chi connectivity index (χ3n) is 2.93. The number of hydrogen-bond donors (Lipinski definition) is 1.